The van der Waals surface area contributed by atoms with E-state index in [1.165, 1.54) is 97.6 Å². The van der Waals surface area contributed by atoms with Crippen molar-refractivity contribution in [2.75, 3.05) is 10.7 Å². The summed E-state index contributed by atoms with van der Waals surface area (Å²) in [4.78, 5) is 0. The molecule has 0 bridgehead atoms. The number of benzene rings is 3. The van der Waals surface area contributed by atoms with Crippen molar-refractivity contribution in [3.8, 4) is 22.3 Å². The lowest BCUT2D eigenvalue weighted by molar-refractivity contribution is 0.401. The van der Waals surface area contributed by atoms with Gasteiger partial charge in [0.2, 0.25) is 0 Å². The fourth-order valence-electron chi connectivity index (χ4n) is 5.95. The second-order valence-corrected chi connectivity index (χ2v) is 12.0. The van der Waals surface area contributed by atoms with Crippen molar-refractivity contribution in [1.29, 1.82) is 0 Å². The Hall–Kier alpha value is -1.38. The highest BCUT2D eigenvalue weighted by atomic mass is 79.9. The van der Waals surface area contributed by atoms with Gasteiger partial charge in [0.15, 0.2) is 0 Å². The summed E-state index contributed by atoms with van der Waals surface area (Å²) in [7, 11) is 0. The second-order valence-electron chi connectivity index (χ2n) is 10.5. The van der Waals surface area contributed by atoms with Crippen molar-refractivity contribution in [2.45, 2.75) is 83.5 Å². The van der Waals surface area contributed by atoms with Crippen molar-refractivity contribution < 1.29 is 0 Å². The molecule has 0 atom stereocenters. The predicted molar refractivity (Wildman–Crippen MR) is 161 cm³/mol. The van der Waals surface area contributed by atoms with Gasteiger partial charge in [0.05, 0.1) is 0 Å². The number of hydrogen-bond acceptors (Lipinski definition) is 0. The number of rotatable bonds is 13. The minimum atomic E-state index is 0.139. The summed E-state index contributed by atoms with van der Waals surface area (Å²) >= 11 is 7.23. The van der Waals surface area contributed by atoms with Crippen LogP contribution in [0.25, 0.3) is 22.3 Å². The first-order valence-electron chi connectivity index (χ1n) is 13.5. The largest absolute Gasteiger partial charge is 0.0928 e. The molecule has 0 spiro atoms. The van der Waals surface area contributed by atoms with Gasteiger partial charge in [-0.15, -0.1) is 0 Å². The zero-order chi connectivity index (χ0) is 24.7. The Morgan fingerprint density at radius 3 is 1.60 bits per heavy atom. The third kappa shape index (κ3) is 6.13. The zero-order valence-electron chi connectivity index (χ0n) is 21.5. The van der Waals surface area contributed by atoms with Gasteiger partial charge in [-0.05, 0) is 79.0 Å². The Bertz CT molecular complexity index is 1080. The molecule has 0 fully saturated rings. The first-order chi connectivity index (χ1) is 17.1. The van der Waals surface area contributed by atoms with E-state index in [0.717, 1.165) is 10.7 Å². The standard InChI is InChI=1S/C33H40Br2/c1-25-11-14-27(15-12-25)28-16-18-30-29-17-13-26(2)23-31(29)33(32(30)24-28,19-7-3-5-9-21-34)20-8-4-6-10-22-35/h11-18,23-24H,3-10,19-22H2,1-2H3. The molecule has 3 aromatic rings. The van der Waals surface area contributed by atoms with Crippen LogP contribution in [0.15, 0.2) is 60.7 Å². The lowest BCUT2D eigenvalue weighted by atomic mass is 9.70. The molecule has 35 heavy (non-hydrogen) atoms. The molecule has 1 aliphatic carbocycles. The summed E-state index contributed by atoms with van der Waals surface area (Å²) in [5, 5.41) is 2.24. The molecular weight excluding hydrogens is 556 g/mol. The first kappa shape index (κ1) is 26.7. The fraction of sp³-hybridized carbons (Fsp3) is 0.455. The summed E-state index contributed by atoms with van der Waals surface area (Å²) in [5.74, 6) is 0. The Morgan fingerprint density at radius 1 is 0.514 bits per heavy atom. The summed E-state index contributed by atoms with van der Waals surface area (Å²) in [6, 6.07) is 23.6. The van der Waals surface area contributed by atoms with E-state index in [1.807, 2.05) is 0 Å². The third-order valence-corrected chi connectivity index (χ3v) is 9.00. The Kier molecular flexibility index (Phi) is 9.70. The second kappa shape index (κ2) is 12.7. The van der Waals surface area contributed by atoms with E-state index in [0.29, 0.717) is 0 Å². The van der Waals surface area contributed by atoms with Gasteiger partial charge in [0, 0.05) is 16.1 Å². The van der Waals surface area contributed by atoms with Crippen LogP contribution < -0.4 is 0 Å². The van der Waals surface area contributed by atoms with Crippen molar-refractivity contribution in [2.24, 2.45) is 0 Å². The van der Waals surface area contributed by atoms with Crippen LogP contribution >= 0.6 is 31.9 Å². The van der Waals surface area contributed by atoms with Crippen LogP contribution in [0.3, 0.4) is 0 Å². The topological polar surface area (TPSA) is 0 Å². The Labute approximate surface area is 230 Å². The average Bonchev–Trinajstić information content (AvgIpc) is 3.13. The zero-order valence-corrected chi connectivity index (χ0v) is 24.7. The van der Waals surface area contributed by atoms with E-state index in [4.69, 9.17) is 0 Å². The number of alkyl halides is 2. The molecular formula is C33H40Br2. The van der Waals surface area contributed by atoms with Crippen LogP contribution in [0.5, 0.6) is 0 Å². The summed E-state index contributed by atoms with van der Waals surface area (Å²) in [6.45, 7) is 4.43. The Balaban J connectivity index is 1.75. The van der Waals surface area contributed by atoms with E-state index >= 15 is 0 Å². The molecule has 4 rings (SSSR count). The van der Waals surface area contributed by atoms with Crippen LogP contribution in [0.4, 0.5) is 0 Å². The number of halogens is 2. The van der Waals surface area contributed by atoms with Crippen LogP contribution in [0.1, 0.15) is 86.5 Å². The molecule has 0 radical (unpaired) electrons. The molecule has 3 aromatic carbocycles. The van der Waals surface area contributed by atoms with Crippen molar-refractivity contribution >= 4 is 31.9 Å². The van der Waals surface area contributed by atoms with Crippen molar-refractivity contribution in [1.82, 2.24) is 0 Å². The lowest BCUT2D eigenvalue weighted by Crippen LogP contribution is -2.25. The van der Waals surface area contributed by atoms with Crippen LogP contribution in [-0.2, 0) is 5.41 Å². The van der Waals surface area contributed by atoms with Crippen LogP contribution in [-0.4, -0.2) is 10.7 Å². The van der Waals surface area contributed by atoms with Gasteiger partial charge in [0.25, 0.3) is 0 Å². The number of aryl methyl sites for hydroxylation is 2. The quantitative estimate of drug-likeness (QED) is 0.136. The molecule has 0 unspecified atom stereocenters. The van der Waals surface area contributed by atoms with Gasteiger partial charge >= 0.3 is 0 Å². The maximum absolute atomic E-state index is 3.62. The van der Waals surface area contributed by atoms with Crippen LogP contribution in [0.2, 0.25) is 0 Å². The molecule has 0 aromatic heterocycles. The minimum Gasteiger partial charge on any atom is -0.0928 e. The molecule has 1 aliphatic rings. The van der Waals surface area contributed by atoms with Gasteiger partial charge in [0.1, 0.15) is 0 Å². The maximum atomic E-state index is 3.62. The monoisotopic (exact) mass is 594 g/mol. The van der Waals surface area contributed by atoms with E-state index < -0.39 is 0 Å². The maximum Gasteiger partial charge on any atom is 0.0215 e. The smallest absolute Gasteiger partial charge is 0.0215 e. The van der Waals surface area contributed by atoms with Gasteiger partial charge in [-0.2, -0.15) is 0 Å². The SMILES string of the molecule is Cc1ccc(-c2ccc3c(c2)C(CCCCCCBr)(CCCCCCBr)c2cc(C)ccc2-3)cc1. The van der Waals surface area contributed by atoms with E-state index in [9.17, 15) is 0 Å². The highest BCUT2D eigenvalue weighted by molar-refractivity contribution is 9.09. The van der Waals surface area contributed by atoms with Gasteiger partial charge < -0.3 is 0 Å². The minimum absolute atomic E-state index is 0.139. The van der Waals surface area contributed by atoms with Gasteiger partial charge in [-0.25, -0.2) is 0 Å². The molecule has 0 nitrogen and oxygen atoms in total. The summed E-state index contributed by atoms with van der Waals surface area (Å²) in [5.41, 5.74) is 11.6. The molecule has 2 heteroatoms. The third-order valence-electron chi connectivity index (χ3n) is 7.88. The van der Waals surface area contributed by atoms with E-state index in [2.05, 4.69) is 106 Å². The lowest BCUT2D eigenvalue weighted by Gasteiger charge is -2.33. The molecule has 0 N–H and O–H groups in total. The number of fused-ring (bicyclic) bond motifs is 3. The predicted octanol–water partition coefficient (Wildman–Crippen LogP) is 10.9. The molecule has 0 heterocycles. The highest BCUT2D eigenvalue weighted by Gasteiger charge is 2.42. The molecule has 186 valence electrons. The first-order valence-corrected chi connectivity index (χ1v) is 15.8. The molecule has 0 aliphatic heterocycles. The van der Waals surface area contributed by atoms with Crippen molar-refractivity contribution in [3.05, 3.63) is 82.9 Å². The molecule has 0 saturated heterocycles. The fourth-order valence-corrected chi connectivity index (χ4v) is 6.74. The summed E-state index contributed by atoms with van der Waals surface area (Å²) in [6.07, 6.45) is 13.0. The van der Waals surface area contributed by atoms with Gasteiger partial charge in [-0.1, -0.05) is 136 Å². The number of unbranched alkanes of at least 4 members (excludes halogenated alkanes) is 6. The molecule has 0 amide bonds. The highest BCUT2D eigenvalue weighted by Crippen LogP contribution is 2.55. The normalized spacial score (nSPS) is 13.6. The van der Waals surface area contributed by atoms with Gasteiger partial charge in [-0.3, -0.25) is 0 Å². The van der Waals surface area contributed by atoms with Crippen LogP contribution in [0, 0.1) is 13.8 Å². The Morgan fingerprint density at radius 2 is 1.00 bits per heavy atom. The van der Waals surface area contributed by atoms with E-state index in [1.54, 1.807) is 11.1 Å². The summed E-state index contributed by atoms with van der Waals surface area (Å²) < 4.78 is 0. The average molecular weight is 596 g/mol. The number of hydrogen-bond donors (Lipinski definition) is 0. The molecule has 0 saturated carbocycles. The van der Waals surface area contributed by atoms with E-state index in [-0.39, 0.29) is 5.41 Å². The van der Waals surface area contributed by atoms with Crippen molar-refractivity contribution in [3.63, 3.8) is 0 Å².